The summed E-state index contributed by atoms with van der Waals surface area (Å²) in [6, 6.07) is 3.47. The Morgan fingerprint density at radius 3 is 2.25 bits per heavy atom. The highest BCUT2D eigenvalue weighted by molar-refractivity contribution is 5.17. The van der Waals surface area contributed by atoms with Crippen molar-refractivity contribution in [2.45, 2.75) is 44.2 Å². The third kappa shape index (κ3) is 3.16. The van der Waals surface area contributed by atoms with Crippen molar-refractivity contribution in [2.75, 3.05) is 13.2 Å². The van der Waals surface area contributed by atoms with E-state index in [1.54, 1.807) is 0 Å². The molecule has 1 saturated carbocycles. The van der Waals surface area contributed by atoms with Gasteiger partial charge in [-0.1, -0.05) is 0 Å². The van der Waals surface area contributed by atoms with Crippen LogP contribution >= 0.6 is 0 Å². The van der Waals surface area contributed by atoms with Gasteiger partial charge in [-0.3, -0.25) is 0 Å². The van der Waals surface area contributed by atoms with E-state index in [1.165, 1.54) is 12.1 Å². The summed E-state index contributed by atoms with van der Waals surface area (Å²) in [4.78, 5) is 0. The van der Waals surface area contributed by atoms with Crippen LogP contribution in [-0.2, 0) is 20.8 Å². The van der Waals surface area contributed by atoms with Gasteiger partial charge in [0.1, 0.15) is 11.6 Å². The van der Waals surface area contributed by atoms with Crippen molar-refractivity contribution in [3.05, 3.63) is 35.4 Å². The fourth-order valence-electron chi connectivity index (χ4n) is 2.89. The second-order valence-electron chi connectivity index (χ2n) is 5.40. The maximum Gasteiger partial charge on any atom is 0.168 e. The zero-order chi connectivity index (χ0) is 14.0. The lowest BCUT2D eigenvalue weighted by Crippen LogP contribution is -2.37. The molecule has 3 rings (SSSR count). The van der Waals surface area contributed by atoms with Crippen LogP contribution in [0.4, 0.5) is 8.78 Å². The summed E-state index contributed by atoms with van der Waals surface area (Å²) in [6.45, 7) is 1.55. The van der Waals surface area contributed by atoms with Crippen molar-refractivity contribution in [2.24, 2.45) is 0 Å². The van der Waals surface area contributed by atoms with Crippen LogP contribution in [0.2, 0.25) is 0 Å². The average molecular weight is 284 g/mol. The lowest BCUT2D eigenvalue weighted by molar-refractivity contribution is -0.192. The van der Waals surface area contributed by atoms with E-state index < -0.39 is 17.4 Å². The van der Waals surface area contributed by atoms with Crippen LogP contribution < -0.4 is 0 Å². The highest BCUT2D eigenvalue weighted by Crippen LogP contribution is 2.36. The molecule has 1 aliphatic heterocycles. The number of halogens is 2. The van der Waals surface area contributed by atoms with Gasteiger partial charge in [0.2, 0.25) is 0 Å². The second kappa shape index (κ2) is 5.76. The highest BCUT2D eigenvalue weighted by atomic mass is 19.1. The minimum atomic E-state index is -0.570. The molecule has 0 aromatic heterocycles. The fourth-order valence-corrected chi connectivity index (χ4v) is 2.89. The number of benzene rings is 1. The van der Waals surface area contributed by atoms with E-state index in [1.807, 2.05) is 0 Å². The Morgan fingerprint density at radius 2 is 1.65 bits per heavy atom. The van der Waals surface area contributed by atoms with Crippen LogP contribution in [0.5, 0.6) is 0 Å². The zero-order valence-corrected chi connectivity index (χ0v) is 11.2. The van der Waals surface area contributed by atoms with Crippen LogP contribution in [0.15, 0.2) is 18.2 Å². The molecule has 1 saturated heterocycles. The first-order valence-electron chi connectivity index (χ1n) is 7.00. The highest BCUT2D eigenvalue weighted by Gasteiger charge is 2.40. The minimum Gasteiger partial charge on any atom is -0.374 e. The van der Waals surface area contributed by atoms with E-state index in [2.05, 4.69) is 0 Å². The molecule has 5 heteroatoms. The molecule has 0 N–H and O–H groups in total. The minimum absolute atomic E-state index is 0.0970. The smallest absolute Gasteiger partial charge is 0.168 e. The predicted octanol–water partition coefficient (Wildman–Crippen LogP) is 3.17. The van der Waals surface area contributed by atoms with Crippen molar-refractivity contribution in [3.63, 3.8) is 0 Å². The van der Waals surface area contributed by atoms with E-state index in [0.717, 1.165) is 31.7 Å². The standard InChI is InChI=1S/C15H18F2O3/c16-12-7-11(8-13(17)9-12)10-18-14-1-3-15(4-2-14)19-5-6-20-15/h7-9,14H,1-6,10H2. The lowest BCUT2D eigenvalue weighted by atomic mass is 9.92. The molecule has 3 nitrogen and oxygen atoms in total. The molecule has 1 aliphatic carbocycles. The number of rotatable bonds is 3. The summed E-state index contributed by atoms with van der Waals surface area (Å²) in [5.41, 5.74) is 0.524. The van der Waals surface area contributed by atoms with Crippen LogP contribution in [-0.4, -0.2) is 25.1 Å². The summed E-state index contributed by atoms with van der Waals surface area (Å²) in [5, 5.41) is 0. The molecule has 1 aromatic rings. The summed E-state index contributed by atoms with van der Waals surface area (Å²) in [7, 11) is 0. The van der Waals surface area contributed by atoms with E-state index in [0.29, 0.717) is 18.8 Å². The van der Waals surface area contributed by atoms with Gasteiger partial charge in [-0.15, -0.1) is 0 Å². The van der Waals surface area contributed by atoms with Gasteiger partial charge < -0.3 is 14.2 Å². The van der Waals surface area contributed by atoms with Crippen molar-refractivity contribution in [3.8, 4) is 0 Å². The number of hydrogen-bond donors (Lipinski definition) is 0. The Bertz CT molecular complexity index is 442. The first kappa shape index (κ1) is 13.9. The van der Waals surface area contributed by atoms with Gasteiger partial charge in [-0.05, 0) is 30.5 Å². The van der Waals surface area contributed by atoms with Crippen LogP contribution in [0.1, 0.15) is 31.2 Å². The van der Waals surface area contributed by atoms with E-state index >= 15 is 0 Å². The molecule has 20 heavy (non-hydrogen) atoms. The quantitative estimate of drug-likeness (QED) is 0.853. The summed E-state index contributed by atoms with van der Waals surface area (Å²) in [6.07, 6.45) is 3.42. The van der Waals surface area contributed by atoms with Crippen molar-refractivity contribution in [1.29, 1.82) is 0 Å². The topological polar surface area (TPSA) is 27.7 Å². The number of ether oxygens (including phenoxy) is 3. The van der Waals surface area contributed by atoms with E-state index in [-0.39, 0.29) is 12.7 Å². The Balaban J connectivity index is 1.50. The molecule has 1 spiro atoms. The third-order valence-corrected chi connectivity index (χ3v) is 3.92. The Hall–Kier alpha value is -1.04. The van der Waals surface area contributed by atoms with Gasteiger partial charge in [-0.25, -0.2) is 8.78 Å². The van der Waals surface area contributed by atoms with Crippen molar-refractivity contribution in [1.82, 2.24) is 0 Å². The SMILES string of the molecule is Fc1cc(F)cc(COC2CCC3(CC2)OCCO3)c1. The maximum absolute atomic E-state index is 13.1. The molecule has 110 valence electrons. The van der Waals surface area contributed by atoms with Gasteiger partial charge in [-0.2, -0.15) is 0 Å². The normalized spacial score (nSPS) is 22.5. The van der Waals surface area contributed by atoms with E-state index in [4.69, 9.17) is 14.2 Å². The van der Waals surface area contributed by atoms with Crippen LogP contribution in [0.25, 0.3) is 0 Å². The molecule has 1 heterocycles. The zero-order valence-electron chi connectivity index (χ0n) is 11.2. The van der Waals surface area contributed by atoms with Gasteiger partial charge in [0.25, 0.3) is 0 Å². The molecule has 0 bridgehead atoms. The summed E-state index contributed by atoms with van der Waals surface area (Å²) >= 11 is 0. The average Bonchev–Trinajstić information content (AvgIpc) is 2.86. The molecule has 0 amide bonds. The van der Waals surface area contributed by atoms with Crippen LogP contribution in [0, 0.1) is 11.6 Å². The van der Waals surface area contributed by atoms with Gasteiger partial charge in [0.05, 0.1) is 25.9 Å². The fraction of sp³-hybridized carbons (Fsp3) is 0.600. The first-order chi connectivity index (χ1) is 9.65. The largest absolute Gasteiger partial charge is 0.374 e. The van der Waals surface area contributed by atoms with Gasteiger partial charge in [0, 0.05) is 18.9 Å². The molecule has 0 radical (unpaired) electrons. The molecular formula is C15H18F2O3. The Kier molecular flexibility index (Phi) is 4.01. The van der Waals surface area contributed by atoms with E-state index in [9.17, 15) is 8.78 Å². The number of hydrogen-bond acceptors (Lipinski definition) is 3. The Morgan fingerprint density at radius 1 is 1.05 bits per heavy atom. The Labute approximate surface area is 116 Å². The third-order valence-electron chi connectivity index (χ3n) is 3.92. The molecule has 0 unspecified atom stereocenters. The first-order valence-corrected chi connectivity index (χ1v) is 7.00. The van der Waals surface area contributed by atoms with Gasteiger partial charge >= 0.3 is 0 Å². The molecule has 2 fully saturated rings. The predicted molar refractivity (Wildman–Crippen MR) is 68.0 cm³/mol. The van der Waals surface area contributed by atoms with Crippen molar-refractivity contribution < 1.29 is 23.0 Å². The molecule has 2 aliphatic rings. The van der Waals surface area contributed by atoms with Crippen LogP contribution in [0.3, 0.4) is 0 Å². The molecule has 1 aromatic carbocycles. The monoisotopic (exact) mass is 284 g/mol. The lowest BCUT2D eigenvalue weighted by Gasteiger charge is -2.35. The van der Waals surface area contributed by atoms with Crippen molar-refractivity contribution >= 4 is 0 Å². The van der Waals surface area contributed by atoms with Gasteiger partial charge in [0.15, 0.2) is 5.79 Å². The maximum atomic E-state index is 13.1. The summed E-state index contributed by atoms with van der Waals surface area (Å²) in [5.74, 6) is -1.54. The molecular weight excluding hydrogens is 266 g/mol. The second-order valence-corrected chi connectivity index (χ2v) is 5.40. The summed E-state index contributed by atoms with van der Waals surface area (Å²) < 4.78 is 43.2. The molecule has 0 atom stereocenters.